The van der Waals surface area contributed by atoms with Gasteiger partial charge in [0.05, 0.1) is 0 Å². The summed E-state index contributed by atoms with van der Waals surface area (Å²) in [6.07, 6.45) is 12.5. The van der Waals surface area contributed by atoms with Gasteiger partial charge in [-0.1, -0.05) is 60.1 Å². The summed E-state index contributed by atoms with van der Waals surface area (Å²) in [5, 5.41) is 0. The Morgan fingerprint density at radius 2 is 1.67 bits per heavy atom. The van der Waals surface area contributed by atoms with Gasteiger partial charge in [-0.2, -0.15) is 0 Å². The molecule has 4 saturated carbocycles. The Kier molecular flexibility index (Phi) is 6.09. The highest BCUT2D eigenvalue weighted by Crippen LogP contribution is 2.75. The number of ether oxygens (including phenoxy) is 2. The first-order valence-corrected chi connectivity index (χ1v) is 14.8. The van der Waals surface area contributed by atoms with Crippen LogP contribution in [0.1, 0.15) is 113 Å². The molecule has 5 aliphatic rings. The van der Waals surface area contributed by atoms with Crippen LogP contribution in [0.2, 0.25) is 0 Å². The van der Waals surface area contributed by atoms with Gasteiger partial charge in [-0.25, -0.2) is 0 Å². The second-order valence-corrected chi connectivity index (χ2v) is 14.9. The van der Waals surface area contributed by atoms with Crippen molar-refractivity contribution in [2.75, 3.05) is 0 Å². The van der Waals surface area contributed by atoms with Gasteiger partial charge in [0.25, 0.3) is 6.47 Å². The quantitative estimate of drug-likeness (QED) is 0.230. The Hall–Kier alpha value is -1.32. The van der Waals surface area contributed by atoms with E-state index >= 15 is 0 Å². The third-order valence-electron chi connectivity index (χ3n) is 13.4. The summed E-state index contributed by atoms with van der Waals surface area (Å²) in [6.45, 7) is 19.6. The van der Waals surface area contributed by atoms with Crippen LogP contribution in [-0.4, -0.2) is 24.1 Å². The summed E-state index contributed by atoms with van der Waals surface area (Å²) in [5.74, 6) is 2.53. The monoisotopic (exact) mass is 498 g/mol. The Bertz CT molecular complexity index is 952. The van der Waals surface area contributed by atoms with E-state index in [1.165, 1.54) is 12.8 Å². The molecule has 5 rings (SSSR count). The fourth-order valence-electron chi connectivity index (χ4n) is 11.1. The molecule has 4 nitrogen and oxygen atoms in total. The van der Waals surface area contributed by atoms with Gasteiger partial charge in [-0.15, -0.1) is 0 Å². The number of hydrogen-bond acceptors (Lipinski definition) is 4. The van der Waals surface area contributed by atoms with Gasteiger partial charge in [0.2, 0.25) is 0 Å². The maximum atomic E-state index is 11.9. The molecular formula is C32H50O4. The van der Waals surface area contributed by atoms with E-state index in [2.05, 4.69) is 54.5 Å². The predicted molar refractivity (Wildman–Crippen MR) is 142 cm³/mol. The molecule has 0 radical (unpaired) electrons. The molecule has 4 heteroatoms. The van der Waals surface area contributed by atoms with E-state index in [0.717, 1.165) is 51.4 Å². The van der Waals surface area contributed by atoms with Crippen LogP contribution in [0.5, 0.6) is 0 Å². The second kappa shape index (κ2) is 8.34. The molecule has 5 aliphatic carbocycles. The summed E-state index contributed by atoms with van der Waals surface area (Å²) in [4.78, 5) is 23.6. The molecule has 0 saturated heterocycles. The summed E-state index contributed by atoms with van der Waals surface area (Å²) < 4.78 is 12.0. The van der Waals surface area contributed by atoms with E-state index in [0.29, 0.717) is 29.6 Å². The lowest BCUT2D eigenvalue weighted by atomic mass is 9.34. The first kappa shape index (κ1) is 26.3. The van der Waals surface area contributed by atoms with Crippen molar-refractivity contribution >= 4 is 12.4 Å². The summed E-state index contributed by atoms with van der Waals surface area (Å²) in [7, 11) is 0. The first-order chi connectivity index (χ1) is 16.8. The third kappa shape index (κ3) is 3.30. The van der Waals surface area contributed by atoms with Crippen LogP contribution in [-0.2, 0) is 19.1 Å². The number of fused-ring (bicyclic) bond motifs is 7. The minimum Gasteiger partial charge on any atom is -0.462 e. The fraction of sp³-hybridized carbons (Fsp3) is 0.875. The minimum absolute atomic E-state index is 0.0161. The zero-order chi connectivity index (χ0) is 26.3. The average Bonchev–Trinajstić information content (AvgIpc) is 2.79. The Labute approximate surface area is 219 Å². The van der Waals surface area contributed by atoms with Gasteiger partial charge in [-0.05, 0) is 97.7 Å². The number of rotatable bonds is 3. The highest BCUT2D eigenvalue weighted by molar-refractivity contribution is 5.66. The van der Waals surface area contributed by atoms with Crippen LogP contribution < -0.4 is 0 Å². The molecule has 0 bridgehead atoms. The number of hydrogen-bond donors (Lipinski definition) is 0. The van der Waals surface area contributed by atoms with Crippen LogP contribution in [0.25, 0.3) is 0 Å². The predicted octanol–water partition coefficient (Wildman–Crippen LogP) is 7.50. The molecule has 0 amide bonds. The van der Waals surface area contributed by atoms with Crippen LogP contribution in [0.15, 0.2) is 11.6 Å². The van der Waals surface area contributed by atoms with Gasteiger partial charge in [0, 0.05) is 18.3 Å². The normalized spacial score (nSPS) is 51.4. The first-order valence-electron chi connectivity index (χ1n) is 14.8. The van der Waals surface area contributed by atoms with Crippen molar-refractivity contribution in [1.29, 1.82) is 0 Å². The molecule has 0 aromatic rings. The molecule has 4 fully saturated rings. The molecule has 0 heterocycles. The van der Waals surface area contributed by atoms with E-state index in [-0.39, 0.29) is 39.3 Å². The lowest BCUT2D eigenvalue weighted by molar-refractivity contribution is -0.218. The van der Waals surface area contributed by atoms with E-state index in [1.807, 2.05) is 0 Å². The van der Waals surface area contributed by atoms with E-state index in [9.17, 15) is 9.59 Å². The van der Waals surface area contributed by atoms with Gasteiger partial charge in [-0.3, -0.25) is 9.59 Å². The summed E-state index contributed by atoms with van der Waals surface area (Å²) in [6, 6.07) is 0. The van der Waals surface area contributed by atoms with Crippen molar-refractivity contribution in [1.82, 2.24) is 0 Å². The lowest BCUT2D eigenvalue weighted by Crippen LogP contribution is -2.66. The Balaban J connectivity index is 1.55. The lowest BCUT2D eigenvalue weighted by Gasteiger charge is -2.71. The van der Waals surface area contributed by atoms with E-state index in [4.69, 9.17) is 9.47 Å². The van der Waals surface area contributed by atoms with Crippen molar-refractivity contribution in [2.24, 2.45) is 51.2 Å². The van der Waals surface area contributed by atoms with E-state index in [1.54, 1.807) is 12.5 Å². The zero-order valence-corrected chi connectivity index (χ0v) is 24.1. The van der Waals surface area contributed by atoms with Gasteiger partial charge >= 0.3 is 5.97 Å². The number of esters is 1. The molecule has 0 aliphatic heterocycles. The fourth-order valence-corrected chi connectivity index (χ4v) is 11.1. The molecule has 0 N–H and O–H groups in total. The molecule has 0 aromatic carbocycles. The van der Waals surface area contributed by atoms with Crippen LogP contribution >= 0.6 is 0 Å². The molecule has 0 aromatic heterocycles. The largest absolute Gasteiger partial charge is 0.462 e. The minimum atomic E-state index is -0.312. The van der Waals surface area contributed by atoms with Crippen molar-refractivity contribution in [3.05, 3.63) is 11.6 Å². The van der Waals surface area contributed by atoms with Gasteiger partial charge < -0.3 is 9.47 Å². The maximum absolute atomic E-state index is 11.9. The summed E-state index contributed by atoms with van der Waals surface area (Å²) in [5.41, 5.74) is 1.87. The van der Waals surface area contributed by atoms with Crippen molar-refractivity contribution in [2.45, 2.75) is 125 Å². The standard InChI is InChI=1S/C32H50O4/c1-20-11-16-32(35-19-33)18-17-30(7)23(27(32)21(20)2)9-10-25-29(6)14-13-26(36-22(3)34)28(4,5)24(29)12-15-31(25,30)8/h9,19-21,24-27H,10-18H2,1-8H3/t20-,21+,24-,25-,26+,27-,29+,30-,31-,32+/m1/s1. The smallest absolute Gasteiger partial charge is 0.302 e. The van der Waals surface area contributed by atoms with Crippen molar-refractivity contribution in [3.8, 4) is 0 Å². The van der Waals surface area contributed by atoms with Crippen LogP contribution in [0.3, 0.4) is 0 Å². The maximum Gasteiger partial charge on any atom is 0.302 e. The van der Waals surface area contributed by atoms with Crippen molar-refractivity contribution < 1.29 is 19.1 Å². The molecule has 36 heavy (non-hydrogen) atoms. The SMILES string of the molecule is CC(=O)O[C@H]1CC[C@@]2(C)[C@H](CC[C@]3(C)[C@@H]2CC=C2[C@H]4[C@@H](C)[C@H](C)CC[C@]4(OC=O)CC[C@]23C)C1(C)C. The molecule has 0 spiro atoms. The average molecular weight is 499 g/mol. The number of carbonyl (C=O) groups is 2. The van der Waals surface area contributed by atoms with Gasteiger partial charge in [0.1, 0.15) is 11.7 Å². The number of allylic oxidation sites excluding steroid dienone is 1. The third-order valence-corrected chi connectivity index (χ3v) is 13.4. The Morgan fingerprint density at radius 1 is 0.944 bits per heavy atom. The molecule has 10 atom stereocenters. The Morgan fingerprint density at radius 3 is 2.33 bits per heavy atom. The molecule has 202 valence electrons. The highest BCUT2D eigenvalue weighted by Gasteiger charge is 2.69. The highest BCUT2D eigenvalue weighted by atomic mass is 16.5. The zero-order valence-electron chi connectivity index (χ0n) is 24.1. The second-order valence-electron chi connectivity index (χ2n) is 14.9. The molecule has 0 unspecified atom stereocenters. The number of carbonyl (C=O) groups excluding carboxylic acids is 2. The van der Waals surface area contributed by atoms with Crippen LogP contribution in [0.4, 0.5) is 0 Å². The van der Waals surface area contributed by atoms with E-state index < -0.39 is 0 Å². The van der Waals surface area contributed by atoms with Crippen molar-refractivity contribution in [3.63, 3.8) is 0 Å². The van der Waals surface area contributed by atoms with Gasteiger partial charge in [0.15, 0.2) is 0 Å². The molecular weight excluding hydrogens is 448 g/mol. The van der Waals surface area contributed by atoms with Crippen LogP contribution in [0, 0.1) is 51.2 Å². The topological polar surface area (TPSA) is 52.6 Å². The summed E-state index contributed by atoms with van der Waals surface area (Å²) >= 11 is 0.